The van der Waals surface area contributed by atoms with Crippen molar-refractivity contribution in [1.82, 2.24) is 24.3 Å². The van der Waals surface area contributed by atoms with E-state index in [4.69, 9.17) is 26.2 Å². The molecule has 0 saturated heterocycles. The zero-order valence-electron chi connectivity index (χ0n) is 17.2. The number of benzene rings is 1. The van der Waals surface area contributed by atoms with Gasteiger partial charge in [0.1, 0.15) is 10.6 Å². The molecule has 0 atom stereocenters. The van der Waals surface area contributed by atoms with E-state index in [0.717, 1.165) is 42.1 Å². The van der Waals surface area contributed by atoms with Crippen LogP contribution in [0, 0.1) is 5.82 Å². The van der Waals surface area contributed by atoms with E-state index in [1.165, 1.54) is 12.1 Å². The molecule has 0 aliphatic carbocycles. The molecular weight excluding hydrogens is 505 g/mol. The first-order valence-corrected chi connectivity index (χ1v) is 11.0. The molecule has 16 heteroatoms. The van der Waals surface area contributed by atoms with Crippen molar-refractivity contribution in [3.8, 4) is 29.1 Å². The second kappa shape index (κ2) is 8.66. The molecule has 3 heterocycles. The van der Waals surface area contributed by atoms with Gasteiger partial charge in [0.05, 0.1) is 37.2 Å². The Balaban J connectivity index is 2.12. The fraction of sp³-hybridized carbons (Fsp3) is 0.167. The van der Waals surface area contributed by atoms with Gasteiger partial charge in [0.2, 0.25) is 21.7 Å². The van der Waals surface area contributed by atoms with E-state index in [2.05, 4.69) is 19.8 Å². The number of alkyl halides is 2. The van der Waals surface area contributed by atoms with Gasteiger partial charge in [0.25, 0.3) is 11.8 Å². The molecule has 0 aliphatic heterocycles. The molecule has 3 aromatic heterocycles. The standard InChI is InChI=1S/C18H14ClF3N6O5S/c1-31-15-14(33-17(21)22)16(32-2)26-18(25-15)27-7-11(34(23,29)30)9-3-4-10(19)13(12(9)27)28-6-8(20)5-24-28/h3-7,17H,1-2H3,(H2,23,29,30). The lowest BCUT2D eigenvalue weighted by Crippen LogP contribution is -2.12. The number of nitrogens with two attached hydrogens (primary N) is 1. The minimum absolute atomic E-state index is 0.0614. The van der Waals surface area contributed by atoms with Crippen LogP contribution in [0.2, 0.25) is 5.02 Å². The Morgan fingerprint density at radius 1 is 1.12 bits per heavy atom. The minimum atomic E-state index is -4.29. The second-order valence-electron chi connectivity index (χ2n) is 6.55. The average molecular weight is 519 g/mol. The van der Waals surface area contributed by atoms with Gasteiger partial charge in [-0.05, 0) is 12.1 Å². The maximum atomic E-state index is 13.7. The van der Waals surface area contributed by atoms with Gasteiger partial charge in [-0.3, -0.25) is 4.57 Å². The van der Waals surface area contributed by atoms with Crippen LogP contribution in [-0.4, -0.2) is 53.6 Å². The normalized spacial score (nSPS) is 11.9. The third kappa shape index (κ3) is 4.08. The number of methoxy groups -OCH3 is 2. The topological polar surface area (TPSA) is 136 Å². The zero-order chi connectivity index (χ0) is 24.8. The van der Waals surface area contributed by atoms with Crippen LogP contribution < -0.4 is 19.3 Å². The van der Waals surface area contributed by atoms with Crippen LogP contribution in [0.1, 0.15) is 0 Å². The number of hydrogen-bond donors (Lipinski definition) is 1. The van der Waals surface area contributed by atoms with Crippen LogP contribution in [0.25, 0.3) is 22.5 Å². The Hall–Kier alpha value is -3.56. The van der Waals surface area contributed by atoms with E-state index in [-0.39, 0.29) is 32.5 Å². The quantitative estimate of drug-likeness (QED) is 0.394. The lowest BCUT2D eigenvalue weighted by Gasteiger charge is -2.15. The molecule has 0 amide bonds. The Labute approximate surface area is 194 Å². The highest BCUT2D eigenvalue weighted by molar-refractivity contribution is 7.89. The Morgan fingerprint density at radius 2 is 1.76 bits per heavy atom. The Kier molecular flexibility index (Phi) is 6.01. The van der Waals surface area contributed by atoms with Gasteiger partial charge in [-0.1, -0.05) is 11.6 Å². The number of aromatic nitrogens is 5. The predicted octanol–water partition coefficient (Wildman–Crippen LogP) is 2.66. The number of sulfonamides is 1. The third-order valence-electron chi connectivity index (χ3n) is 4.54. The zero-order valence-corrected chi connectivity index (χ0v) is 18.8. The summed E-state index contributed by atoms with van der Waals surface area (Å²) >= 11 is 6.36. The maximum Gasteiger partial charge on any atom is 0.387 e. The van der Waals surface area contributed by atoms with Crippen molar-refractivity contribution in [2.45, 2.75) is 11.5 Å². The highest BCUT2D eigenvalue weighted by Gasteiger charge is 2.27. The summed E-state index contributed by atoms with van der Waals surface area (Å²) in [4.78, 5) is 7.75. The average Bonchev–Trinajstić information content (AvgIpc) is 3.37. The molecule has 0 radical (unpaired) electrons. The molecule has 4 aromatic rings. The lowest BCUT2D eigenvalue weighted by molar-refractivity contribution is -0.0534. The van der Waals surface area contributed by atoms with Gasteiger partial charge < -0.3 is 14.2 Å². The number of primary sulfonamides is 1. The van der Waals surface area contributed by atoms with Crippen LogP contribution in [0.5, 0.6) is 17.5 Å². The van der Waals surface area contributed by atoms with E-state index >= 15 is 0 Å². The fourth-order valence-electron chi connectivity index (χ4n) is 3.25. The van der Waals surface area contributed by atoms with Crippen molar-refractivity contribution in [3.63, 3.8) is 0 Å². The molecule has 4 rings (SSSR count). The van der Waals surface area contributed by atoms with E-state index in [1.54, 1.807) is 0 Å². The van der Waals surface area contributed by atoms with Crippen LogP contribution in [0.15, 0.2) is 35.6 Å². The highest BCUT2D eigenvalue weighted by Crippen LogP contribution is 2.39. The number of nitrogens with zero attached hydrogens (tertiary/aromatic N) is 5. The molecule has 0 bridgehead atoms. The van der Waals surface area contributed by atoms with Gasteiger partial charge in [-0.2, -0.15) is 23.8 Å². The minimum Gasteiger partial charge on any atom is -0.478 e. The molecule has 0 spiro atoms. The first-order valence-electron chi connectivity index (χ1n) is 9.07. The summed E-state index contributed by atoms with van der Waals surface area (Å²) < 4.78 is 80.8. The molecule has 0 unspecified atom stereocenters. The molecule has 0 saturated carbocycles. The molecule has 2 N–H and O–H groups in total. The summed E-state index contributed by atoms with van der Waals surface area (Å²) in [6.45, 7) is -3.24. The van der Waals surface area contributed by atoms with Crippen molar-refractivity contribution < 1.29 is 35.8 Å². The molecule has 180 valence electrons. The van der Waals surface area contributed by atoms with Crippen LogP contribution in [0.4, 0.5) is 13.2 Å². The van der Waals surface area contributed by atoms with Crippen molar-refractivity contribution in [2.75, 3.05) is 14.2 Å². The van der Waals surface area contributed by atoms with Crippen LogP contribution >= 0.6 is 11.6 Å². The van der Waals surface area contributed by atoms with Gasteiger partial charge >= 0.3 is 6.61 Å². The summed E-state index contributed by atoms with van der Waals surface area (Å²) in [6.07, 6.45) is 3.01. The first-order chi connectivity index (χ1) is 16.0. The van der Waals surface area contributed by atoms with E-state index in [1.807, 2.05) is 0 Å². The summed E-state index contributed by atoms with van der Waals surface area (Å²) in [5, 5.41) is 9.41. The van der Waals surface area contributed by atoms with Gasteiger partial charge in [0.15, 0.2) is 5.82 Å². The van der Waals surface area contributed by atoms with Crippen LogP contribution in [-0.2, 0) is 10.0 Å². The van der Waals surface area contributed by atoms with Gasteiger partial charge in [-0.25, -0.2) is 22.6 Å². The predicted molar refractivity (Wildman–Crippen MR) is 112 cm³/mol. The summed E-state index contributed by atoms with van der Waals surface area (Å²) in [6, 6.07) is 2.75. The highest BCUT2D eigenvalue weighted by atomic mass is 35.5. The molecule has 0 fully saturated rings. The number of ether oxygens (including phenoxy) is 3. The maximum absolute atomic E-state index is 13.7. The third-order valence-corrected chi connectivity index (χ3v) is 5.79. The molecule has 11 nitrogen and oxygen atoms in total. The number of halogens is 4. The monoisotopic (exact) mass is 518 g/mol. The van der Waals surface area contributed by atoms with Crippen molar-refractivity contribution >= 4 is 32.5 Å². The molecule has 0 aliphatic rings. The van der Waals surface area contributed by atoms with Crippen molar-refractivity contribution in [3.05, 3.63) is 41.6 Å². The molecule has 34 heavy (non-hydrogen) atoms. The number of fused-ring (bicyclic) bond motifs is 1. The summed E-state index contributed by atoms with van der Waals surface area (Å²) in [5.74, 6) is -2.43. The molecule has 1 aromatic carbocycles. The number of hydrogen-bond acceptors (Lipinski definition) is 8. The second-order valence-corrected chi connectivity index (χ2v) is 8.49. The smallest absolute Gasteiger partial charge is 0.387 e. The Morgan fingerprint density at radius 3 is 2.26 bits per heavy atom. The first kappa shape index (κ1) is 23.6. The van der Waals surface area contributed by atoms with E-state index < -0.39 is 40.0 Å². The fourth-order valence-corrected chi connectivity index (χ4v) is 4.21. The van der Waals surface area contributed by atoms with E-state index in [9.17, 15) is 21.6 Å². The summed E-state index contributed by atoms with van der Waals surface area (Å²) in [5.41, 5.74) is 0.124. The van der Waals surface area contributed by atoms with E-state index in [0.29, 0.717) is 0 Å². The Bertz CT molecular complexity index is 1480. The summed E-state index contributed by atoms with van der Waals surface area (Å²) in [7, 11) is -2.01. The van der Waals surface area contributed by atoms with Crippen LogP contribution in [0.3, 0.4) is 0 Å². The van der Waals surface area contributed by atoms with Crippen molar-refractivity contribution in [1.29, 1.82) is 0 Å². The SMILES string of the molecule is COc1nc(-n2cc(S(N)(=O)=O)c3ccc(Cl)c(-n4cc(F)cn4)c32)nc(OC)c1OC(F)F. The number of rotatable bonds is 7. The van der Waals surface area contributed by atoms with Gasteiger partial charge in [0, 0.05) is 11.6 Å². The van der Waals surface area contributed by atoms with Gasteiger partial charge in [-0.15, -0.1) is 0 Å². The molecular formula is C18H14ClF3N6O5S. The lowest BCUT2D eigenvalue weighted by atomic mass is 10.2. The van der Waals surface area contributed by atoms with Crippen molar-refractivity contribution in [2.24, 2.45) is 5.14 Å². The largest absolute Gasteiger partial charge is 0.478 e.